The first-order chi connectivity index (χ1) is 8.58. The number of phenolic OH excluding ortho intramolecular Hbond substituents is 1. The van der Waals surface area contributed by atoms with E-state index in [9.17, 15) is 9.90 Å². The molecule has 18 heavy (non-hydrogen) atoms. The van der Waals surface area contributed by atoms with Gasteiger partial charge in [-0.2, -0.15) is 0 Å². The van der Waals surface area contributed by atoms with Gasteiger partial charge >= 0.3 is 0 Å². The molecule has 3 heteroatoms. The van der Waals surface area contributed by atoms with Gasteiger partial charge in [-0.1, -0.05) is 13.8 Å². The Hall–Kier alpha value is -1.35. The lowest BCUT2D eigenvalue weighted by Crippen LogP contribution is -2.37. The van der Waals surface area contributed by atoms with Crippen LogP contribution in [-0.4, -0.2) is 34.9 Å². The standard InChI is InChI=1S/C15H21NO2/c1-11(2)14-4-3-9-16(14)10-15(18)12-5-7-13(17)8-6-12/h5-8,11,14,17H,3-4,9-10H2,1-2H3. The highest BCUT2D eigenvalue weighted by Gasteiger charge is 2.28. The molecule has 0 saturated carbocycles. The summed E-state index contributed by atoms with van der Waals surface area (Å²) in [4.78, 5) is 14.4. The Balaban J connectivity index is 2.01. The maximum atomic E-state index is 12.2. The van der Waals surface area contributed by atoms with Gasteiger partial charge in [0.05, 0.1) is 6.54 Å². The SMILES string of the molecule is CC(C)C1CCCN1CC(=O)c1ccc(O)cc1. The maximum Gasteiger partial charge on any atom is 0.176 e. The van der Waals surface area contributed by atoms with E-state index in [1.165, 1.54) is 12.8 Å². The van der Waals surface area contributed by atoms with Crippen LogP contribution in [0.15, 0.2) is 24.3 Å². The molecule has 1 aromatic rings. The summed E-state index contributed by atoms with van der Waals surface area (Å²) in [5.41, 5.74) is 0.683. The van der Waals surface area contributed by atoms with Gasteiger partial charge in [0.25, 0.3) is 0 Å². The van der Waals surface area contributed by atoms with E-state index >= 15 is 0 Å². The van der Waals surface area contributed by atoms with Crippen LogP contribution >= 0.6 is 0 Å². The van der Waals surface area contributed by atoms with E-state index in [0.29, 0.717) is 24.1 Å². The minimum Gasteiger partial charge on any atom is -0.508 e. The molecule has 3 nitrogen and oxygen atoms in total. The Bertz CT molecular complexity index is 411. The van der Waals surface area contributed by atoms with Crippen molar-refractivity contribution in [3.63, 3.8) is 0 Å². The predicted molar refractivity (Wildman–Crippen MR) is 71.9 cm³/mol. The van der Waals surface area contributed by atoms with Crippen molar-refractivity contribution >= 4 is 5.78 Å². The third kappa shape index (κ3) is 2.91. The van der Waals surface area contributed by atoms with Crippen molar-refractivity contribution in [1.29, 1.82) is 0 Å². The van der Waals surface area contributed by atoms with Gasteiger partial charge in [-0.05, 0) is 49.6 Å². The van der Waals surface area contributed by atoms with Gasteiger partial charge in [0, 0.05) is 11.6 Å². The summed E-state index contributed by atoms with van der Waals surface area (Å²) in [6.07, 6.45) is 2.38. The lowest BCUT2D eigenvalue weighted by atomic mass is 10.0. The van der Waals surface area contributed by atoms with Crippen molar-refractivity contribution in [1.82, 2.24) is 4.90 Å². The number of hydrogen-bond acceptors (Lipinski definition) is 3. The van der Waals surface area contributed by atoms with E-state index in [4.69, 9.17) is 0 Å². The van der Waals surface area contributed by atoms with Gasteiger partial charge in [-0.25, -0.2) is 0 Å². The van der Waals surface area contributed by atoms with Crippen molar-refractivity contribution in [2.45, 2.75) is 32.7 Å². The fourth-order valence-corrected chi connectivity index (χ4v) is 2.73. The molecule has 1 heterocycles. The van der Waals surface area contributed by atoms with Gasteiger partial charge in [0.15, 0.2) is 5.78 Å². The summed E-state index contributed by atoms with van der Waals surface area (Å²) in [5.74, 6) is 0.940. The maximum absolute atomic E-state index is 12.2. The van der Waals surface area contributed by atoms with Crippen molar-refractivity contribution in [3.8, 4) is 5.75 Å². The first kappa shape index (κ1) is 13.1. The smallest absolute Gasteiger partial charge is 0.176 e. The fraction of sp³-hybridized carbons (Fsp3) is 0.533. The lowest BCUT2D eigenvalue weighted by molar-refractivity contribution is 0.0904. The van der Waals surface area contributed by atoms with Crippen molar-refractivity contribution in [3.05, 3.63) is 29.8 Å². The van der Waals surface area contributed by atoms with E-state index in [2.05, 4.69) is 18.7 Å². The second-order valence-corrected chi connectivity index (χ2v) is 5.39. The second-order valence-electron chi connectivity index (χ2n) is 5.39. The molecular weight excluding hydrogens is 226 g/mol. The summed E-state index contributed by atoms with van der Waals surface area (Å²) >= 11 is 0. The van der Waals surface area contributed by atoms with Crippen LogP contribution < -0.4 is 0 Å². The first-order valence-corrected chi connectivity index (χ1v) is 6.64. The van der Waals surface area contributed by atoms with E-state index in [0.717, 1.165) is 6.54 Å². The summed E-state index contributed by atoms with van der Waals surface area (Å²) in [7, 11) is 0. The molecule has 0 amide bonds. The molecule has 98 valence electrons. The zero-order valence-electron chi connectivity index (χ0n) is 11.1. The summed E-state index contributed by atoms with van der Waals surface area (Å²) < 4.78 is 0. The number of likely N-dealkylation sites (tertiary alicyclic amines) is 1. The highest BCUT2D eigenvalue weighted by molar-refractivity contribution is 5.97. The second kappa shape index (κ2) is 5.53. The van der Waals surface area contributed by atoms with Crippen molar-refractivity contribution in [2.24, 2.45) is 5.92 Å². The van der Waals surface area contributed by atoms with Crippen LogP contribution in [0.25, 0.3) is 0 Å². The Kier molecular flexibility index (Phi) is 4.02. The average Bonchev–Trinajstić information content (AvgIpc) is 2.78. The quantitative estimate of drug-likeness (QED) is 0.832. The molecule has 1 atom stereocenters. The molecule has 0 spiro atoms. The van der Waals surface area contributed by atoms with Crippen molar-refractivity contribution in [2.75, 3.05) is 13.1 Å². The Morgan fingerprint density at radius 2 is 2.06 bits per heavy atom. The lowest BCUT2D eigenvalue weighted by Gasteiger charge is -2.26. The van der Waals surface area contributed by atoms with Crippen LogP contribution in [0.1, 0.15) is 37.0 Å². The largest absolute Gasteiger partial charge is 0.508 e. The summed E-state index contributed by atoms with van der Waals surface area (Å²) in [5, 5.41) is 9.22. The summed E-state index contributed by atoms with van der Waals surface area (Å²) in [6, 6.07) is 7.05. The number of ketones is 1. The Morgan fingerprint density at radius 3 is 2.67 bits per heavy atom. The van der Waals surface area contributed by atoms with E-state index < -0.39 is 0 Å². The molecule has 1 fully saturated rings. The predicted octanol–water partition coefficient (Wildman–Crippen LogP) is 2.70. The van der Waals surface area contributed by atoms with Gasteiger partial charge in [-0.15, -0.1) is 0 Å². The molecule has 1 saturated heterocycles. The molecule has 1 N–H and O–H groups in total. The monoisotopic (exact) mass is 247 g/mol. The van der Waals surface area contributed by atoms with E-state index in [1.807, 2.05) is 0 Å². The van der Waals surface area contributed by atoms with Crippen LogP contribution in [-0.2, 0) is 0 Å². The van der Waals surface area contributed by atoms with Crippen molar-refractivity contribution < 1.29 is 9.90 Å². The molecular formula is C15H21NO2. The number of carbonyl (C=O) groups is 1. The van der Waals surface area contributed by atoms with Crippen LogP contribution in [0.2, 0.25) is 0 Å². The van der Waals surface area contributed by atoms with E-state index in [1.54, 1.807) is 24.3 Å². The number of rotatable bonds is 4. The third-order valence-corrected chi connectivity index (χ3v) is 3.72. The highest BCUT2D eigenvalue weighted by atomic mass is 16.3. The van der Waals surface area contributed by atoms with Gasteiger partial charge in [-0.3, -0.25) is 9.69 Å². The number of carbonyl (C=O) groups excluding carboxylic acids is 1. The zero-order chi connectivity index (χ0) is 13.1. The highest BCUT2D eigenvalue weighted by Crippen LogP contribution is 2.24. The number of Topliss-reactive ketones (excluding diaryl/α,β-unsaturated/α-hetero) is 1. The molecule has 0 radical (unpaired) electrons. The normalized spacial score (nSPS) is 20.5. The molecule has 2 rings (SSSR count). The molecule has 1 aromatic carbocycles. The third-order valence-electron chi connectivity index (χ3n) is 3.72. The Labute approximate surface area is 108 Å². The minimum absolute atomic E-state index is 0.141. The molecule has 0 aliphatic carbocycles. The van der Waals surface area contributed by atoms with Gasteiger partial charge in [0.2, 0.25) is 0 Å². The molecule has 1 aliphatic heterocycles. The van der Waals surface area contributed by atoms with Crippen LogP contribution in [0.5, 0.6) is 5.75 Å². The van der Waals surface area contributed by atoms with E-state index in [-0.39, 0.29) is 11.5 Å². The topological polar surface area (TPSA) is 40.5 Å². The average molecular weight is 247 g/mol. The fourth-order valence-electron chi connectivity index (χ4n) is 2.73. The number of nitrogens with zero attached hydrogens (tertiary/aromatic N) is 1. The molecule has 1 unspecified atom stereocenters. The Morgan fingerprint density at radius 1 is 1.39 bits per heavy atom. The van der Waals surface area contributed by atoms with Crippen LogP contribution in [0.3, 0.4) is 0 Å². The molecule has 1 aliphatic rings. The van der Waals surface area contributed by atoms with Crippen LogP contribution in [0.4, 0.5) is 0 Å². The number of phenols is 1. The molecule has 0 aromatic heterocycles. The summed E-state index contributed by atoms with van der Waals surface area (Å²) in [6.45, 7) is 5.95. The number of benzene rings is 1. The molecule has 0 bridgehead atoms. The van der Waals surface area contributed by atoms with Gasteiger partial charge < -0.3 is 5.11 Å². The zero-order valence-corrected chi connectivity index (χ0v) is 11.1. The first-order valence-electron chi connectivity index (χ1n) is 6.64. The number of hydrogen-bond donors (Lipinski definition) is 1. The number of aromatic hydroxyl groups is 1. The van der Waals surface area contributed by atoms with Gasteiger partial charge in [0.1, 0.15) is 5.75 Å². The van der Waals surface area contributed by atoms with Crippen LogP contribution in [0, 0.1) is 5.92 Å². The minimum atomic E-state index is 0.141.